The summed E-state index contributed by atoms with van der Waals surface area (Å²) in [5.74, 6) is 0.678. The Balaban J connectivity index is 1.14. The quantitative estimate of drug-likeness (QED) is 0.177. The average Bonchev–Trinajstić information content (AvgIpc) is 3.72. The molecule has 1 saturated carbocycles. The van der Waals surface area contributed by atoms with Crippen LogP contribution in [-0.4, -0.2) is 0 Å². The number of para-hydroxylation sites is 1. The third-order valence-corrected chi connectivity index (χ3v) is 12.8. The van der Waals surface area contributed by atoms with Gasteiger partial charge in [0, 0.05) is 33.1 Å². The number of hydrogen-bond donors (Lipinski definition) is 0. The summed E-state index contributed by atoms with van der Waals surface area (Å²) in [6, 6.07) is 58.9. The van der Waals surface area contributed by atoms with Crippen molar-refractivity contribution in [1.29, 1.82) is 0 Å². The van der Waals surface area contributed by atoms with E-state index in [1.54, 1.807) is 0 Å². The van der Waals surface area contributed by atoms with Crippen LogP contribution in [0.2, 0.25) is 0 Å². The minimum atomic E-state index is -0.120. The van der Waals surface area contributed by atoms with Crippen molar-refractivity contribution in [2.75, 3.05) is 4.90 Å². The van der Waals surface area contributed by atoms with Crippen LogP contribution in [-0.2, 0) is 5.41 Å². The number of furan rings is 1. The first-order valence-corrected chi connectivity index (χ1v) is 20.0. The second-order valence-electron chi connectivity index (χ2n) is 16.4. The number of hydrogen-bond acceptors (Lipinski definition) is 2. The van der Waals surface area contributed by atoms with Crippen LogP contribution in [0.25, 0.3) is 65.7 Å². The van der Waals surface area contributed by atoms with E-state index in [1.165, 1.54) is 81.5 Å². The molecule has 9 aromatic rings. The van der Waals surface area contributed by atoms with Crippen molar-refractivity contribution >= 4 is 60.5 Å². The fourth-order valence-corrected chi connectivity index (χ4v) is 9.88. The second-order valence-corrected chi connectivity index (χ2v) is 16.4. The molecule has 2 aliphatic rings. The first-order chi connectivity index (χ1) is 27.0. The van der Waals surface area contributed by atoms with E-state index >= 15 is 0 Å². The van der Waals surface area contributed by atoms with Crippen LogP contribution in [0.3, 0.4) is 0 Å². The van der Waals surface area contributed by atoms with Crippen molar-refractivity contribution in [3.63, 3.8) is 0 Å². The smallest absolute Gasteiger partial charge is 0.136 e. The van der Waals surface area contributed by atoms with Gasteiger partial charge in [-0.1, -0.05) is 136 Å². The maximum atomic E-state index is 6.46. The average molecular weight is 710 g/mol. The van der Waals surface area contributed by atoms with Crippen LogP contribution < -0.4 is 4.90 Å². The molecule has 0 saturated heterocycles. The lowest BCUT2D eigenvalue weighted by molar-refractivity contribution is 0.444. The van der Waals surface area contributed by atoms with Gasteiger partial charge in [0.15, 0.2) is 0 Å². The van der Waals surface area contributed by atoms with Crippen molar-refractivity contribution < 1.29 is 4.42 Å². The minimum Gasteiger partial charge on any atom is -0.456 e. The number of rotatable bonds is 5. The van der Waals surface area contributed by atoms with E-state index < -0.39 is 0 Å². The van der Waals surface area contributed by atoms with E-state index in [-0.39, 0.29) is 5.41 Å². The maximum Gasteiger partial charge on any atom is 0.136 e. The van der Waals surface area contributed by atoms with Crippen molar-refractivity contribution in [3.05, 3.63) is 174 Å². The number of anilines is 3. The highest BCUT2D eigenvalue weighted by Crippen LogP contribution is 2.52. The largest absolute Gasteiger partial charge is 0.456 e. The van der Waals surface area contributed by atoms with Gasteiger partial charge in [0.25, 0.3) is 0 Å². The Morgan fingerprint density at radius 3 is 2.05 bits per heavy atom. The lowest BCUT2D eigenvalue weighted by Gasteiger charge is -2.30. The van der Waals surface area contributed by atoms with Crippen LogP contribution in [0, 0.1) is 0 Å². The van der Waals surface area contributed by atoms with Crippen LogP contribution >= 0.6 is 0 Å². The standard InChI is InChI=1S/C53H43NO/c1-53(2)48-18-10-8-16-43(48)44-27-25-42(33-49(44)53)54(41-24-22-38-28-37(20-21-39(38)29-41)34-12-4-3-5-13-34)50-31-36-15-7-6-14-35(36)30-47(50)40-23-26-46-45-17-9-11-19-51(45)55-52(46)32-40/h6-11,14-34H,3-5,12-13H2,1-2H3. The van der Waals surface area contributed by atoms with Crippen LogP contribution in [0.1, 0.15) is 68.6 Å². The van der Waals surface area contributed by atoms with Crippen LogP contribution in [0.15, 0.2) is 162 Å². The van der Waals surface area contributed by atoms with Gasteiger partial charge in [-0.25, -0.2) is 0 Å². The SMILES string of the molecule is CC1(C)c2ccccc2-c2ccc(N(c3ccc4cc(C5CCCCC5)ccc4c3)c3cc4ccccc4cc3-c3ccc4c(c3)oc3ccccc34)cc21. The van der Waals surface area contributed by atoms with E-state index in [4.69, 9.17) is 4.42 Å². The van der Waals surface area contributed by atoms with Crippen molar-refractivity contribution in [2.45, 2.75) is 57.3 Å². The molecule has 266 valence electrons. The Kier molecular flexibility index (Phi) is 7.33. The summed E-state index contributed by atoms with van der Waals surface area (Å²) in [6.45, 7) is 4.74. The third kappa shape index (κ3) is 5.23. The summed E-state index contributed by atoms with van der Waals surface area (Å²) < 4.78 is 6.46. The molecule has 0 N–H and O–H groups in total. The Hall–Kier alpha value is -6.12. The molecule has 2 heteroatoms. The summed E-state index contributed by atoms with van der Waals surface area (Å²) >= 11 is 0. The molecule has 0 aliphatic heterocycles. The third-order valence-electron chi connectivity index (χ3n) is 12.8. The highest BCUT2D eigenvalue weighted by Gasteiger charge is 2.36. The van der Waals surface area contributed by atoms with E-state index in [9.17, 15) is 0 Å². The topological polar surface area (TPSA) is 16.4 Å². The zero-order chi connectivity index (χ0) is 36.7. The highest BCUT2D eigenvalue weighted by molar-refractivity contribution is 6.07. The van der Waals surface area contributed by atoms with Gasteiger partial charge < -0.3 is 9.32 Å². The van der Waals surface area contributed by atoms with Crippen molar-refractivity contribution in [3.8, 4) is 22.3 Å². The molecule has 2 aliphatic carbocycles. The molecular weight excluding hydrogens is 667 g/mol. The van der Waals surface area contributed by atoms with Crippen LogP contribution in [0.4, 0.5) is 17.1 Å². The van der Waals surface area contributed by atoms with E-state index in [0.717, 1.165) is 50.1 Å². The first-order valence-electron chi connectivity index (χ1n) is 20.0. The number of benzene rings is 8. The Bertz CT molecular complexity index is 2960. The molecule has 0 amide bonds. The molecule has 1 aromatic heterocycles. The van der Waals surface area contributed by atoms with Gasteiger partial charge in [0.2, 0.25) is 0 Å². The monoisotopic (exact) mass is 709 g/mol. The summed E-state index contributed by atoms with van der Waals surface area (Å²) in [4.78, 5) is 2.50. The van der Waals surface area contributed by atoms with Crippen LogP contribution in [0.5, 0.6) is 0 Å². The molecule has 0 atom stereocenters. The molecular formula is C53H43NO. The summed E-state index contributed by atoms with van der Waals surface area (Å²) in [6.07, 6.45) is 6.67. The van der Waals surface area contributed by atoms with Crippen molar-refractivity contribution in [2.24, 2.45) is 0 Å². The zero-order valence-corrected chi connectivity index (χ0v) is 31.5. The van der Waals surface area contributed by atoms with Gasteiger partial charge in [-0.2, -0.15) is 0 Å². The molecule has 0 unspecified atom stereocenters. The molecule has 1 heterocycles. The maximum absolute atomic E-state index is 6.46. The van der Waals surface area contributed by atoms with Crippen molar-refractivity contribution in [1.82, 2.24) is 0 Å². The normalized spacial score (nSPS) is 15.2. The van der Waals surface area contributed by atoms with Gasteiger partial charge in [-0.15, -0.1) is 0 Å². The second kappa shape index (κ2) is 12.5. The Morgan fingerprint density at radius 1 is 0.491 bits per heavy atom. The van der Waals surface area contributed by atoms with E-state index in [1.807, 2.05) is 6.07 Å². The first kappa shape index (κ1) is 32.3. The van der Waals surface area contributed by atoms with E-state index in [0.29, 0.717) is 5.92 Å². The fraction of sp³-hybridized carbons (Fsp3) is 0.170. The van der Waals surface area contributed by atoms with Gasteiger partial charge in [-0.05, 0) is 128 Å². The number of nitrogens with zero attached hydrogens (tertiary/aromatic N) is 1. The van der Waals surface area contributed by atoms with E-state index in [2.05, 4.69) is 170 Å². The molecule has 0 radical (unpaired) electrons. The van der Waals surface area contributed by atoms with Gasteiger partial charge >= 0.3 is 0 Å². The van der Waals surface area contributed by atoms with Gasteiger partial charge in [-0.3, -0.25) is 0 Å². The minimum absolute atomic E-state index is 0.120. The Labute approximate surface area is 322 Å². The number of fused-ring (bicyclic) bond motifs is 8. The predicted octanol–water partition coefficient (Wildman–Crippen LogP) is 15.4. The summed E-state index contributed by atoms with van der Waals surface area (Å²) in [5, 5.41) is 7.29. The fourth-order valence-electron chi connectivity index (χ4n) is 9.88. The molecule has 1 fully saturated rings. The molecule has 11 rings (SSSR count). The highest BCUT2D eigenvalue weighted by atomic mass is 16.3. The predicted molar refractivity (Wildman–Crippen MR) is 232 cm³/mol. The zero-order valence-electron chi connectivity index (χ0n) is 31.5. The lowest BCUT2D eigenvalue weighted by atomic mass is 9.82. The summed E-state index contributed by atoms with van der Waals surface area (Å²) in [7, 11) is 0. The molecule has 8 aromatic carbocycles. The molecule has 55 heavy (non-hydrogen) atoms. The van der Waals surface area contributed by atoms with Gasteiger partial charge in [0.05, 0.1) is 5.69 Å². The van der Waals surface area contributed by atoms with Gasteiger partial charge in [0.1, 0.15) is 11.2 Å². The molecule has 0 bridgehead atoms. The molecule has 0 spiro atoms. The lowest BCUT2D eigenvalue weighted by Crippen LogP contribution is -2.17. The Morgan fingerprint density at radius 2 is 1.16 bits per heavy atom. The molecule has 2 nitrogen and oxygen atoms in total. The summed E-state index contributed by atoms with van der Waals surface area (Å²) in [5.41, 5.74) is 14.3.